The zero-order valence-electron chi connectivity index (χ0n) is 15.0. The van der Waals surface area contributed by atoms with Crippen LogP contribution in [0.1, 0.15) is 32.6 Å². The lowest BCUT2D eigenvalue weighted by Crippen LogP contribution is -2.39. The van der Waals surface area contributed by atoms with E-state index in [1.54, 1.807) is 0 Å². The van der Waals surface area contributed by atoms with Gasteiger partial charge in [0, 0.05) is 11.9 Å². The maximum atomic E-state index is 12.5. The second-order valence-corrected chi connectivity index (χ2v) is 6.69. The van der Waals surface area contributed by atoms with E-state index in [-0.39, 0.29) is 5.91 Å². The molecule has 1 saturated heterocycles. The molecular weight excluding hydrogens is 312 g/mol. The van der Waals surface area contributed by atoms with Gasteiger partial charge in [-0.1, -0.05) is 43.3 Å². The van der Waals surface area contributed by atoms with Crippen LogP contribution < -0.4 is 10.1 Å². The van der Waals surface area contributed by atoms with Crippen molar-refractivity contribution in [2.24, 2.45) is 0 Å². The van der Waals surface area contributed by atoms with Gasteiger partial charge in [0.2, 0.25) is 0 Å². The van der Waals surface area contributed by atoms with Gasteiger partial charge in [-0.25, -0.2) is 0 Å². The second-order valence-electron chi connectivity index (χ2n) is 6.69. The van der Waals surface area contributed by atoms with Crippen molar-refractivity contribution in [3.8, 4) is 5.75 Å². The van der Waals surface area contributed by atoms with Crippen molar-refractivity contribution >= 4 is 16.7 Å². The second kappa shape index (κ2) is 8.86. The minimum Gasteiger partial charge on any atom is -0.480 e. The normalized spacial score (nSPS) is 16.0. The standard InChI is InChI=1S/C21H28N2O2/c1-2-19(21(24)22-13-8-16-23-14-5-6-15-23)25-20-12-7-10-17-9-3-4-11-18(17)20/h3-4,7,9-12,19H,2,5-6,8,13-16H2,1H3,(H,22,24)/t19-/m1/s1. The smallest absolute Gasteiger partial charge is 0.261 e. The van der Waals surface area contributed by atoms with E-state index in [1.807, 2.05) is 37.3 Å². The van der Waals surface area contributed by atoms with E-state index in [2.05, 4.69) is 22.3 Å². The third-order valence-electron chi connectivity index (χ3n) is 4.83. The van der Waals surface area contributed by atoms with E-state index in [4.69, 9.17) is 4.74 Å². The first kappa shape index (κ1) is 17.7. The zero-order chi connectivity index (χ0) is 17.5. The number of fused-ring (bicyclic) bond motifs is 1. The Morgan fingerprint density at radius 2 is 1.92 bits per heavy atom. The number of rotatable bonds is 8. The minimum absolute atomic E-state index is 0.0168. The minimum atomic E-state index is -0.447. The monoisotopic (exact) mass is 340 g/mol. The molecule has 0 saturated carbocycles. The van der Waals surface area contributed by atoms with Gasteiger partial charge in [-0.05, 0) is 56.8 Å². The van der Waals surface area contributed by atoms with Crippen molar-refractivity contribution in [3.05, 3.63) is 42.5 Å². The number of benzene rings is 2. The van der Waals surface area contributed by atoms with Crippen molar-refractivity contribution in [1.82, 2.24) is 10.2 Å². The molecule has 1 aliphatic heterocycles. The predicted molar refractivity (Wildman–Crippen MR) is 102 cm³/mol. The summed E-state index contributed by atoms with van der Waals surface area (Å²) in [6.07, 6.45) is 3.82. The van der Waals surface area contributed by atoms with Crippen LogP contribution in [0.2, 0.25) is 0 Å². The molecule has 3 rings (SSSR count). The number of hydrogen-bond acceptors (Lipinski definition) is 3. The molecule has 1 atom stereocenters. The quantitative estimate of drug-likeness (QED) is 0.747. The number of amides is 1. The van der Waals surface area contributed by atoms with Crippen molar-refractivity contribution in [3.63, 3.8) is 0 Å². The number of likely N-dealkylation sites (tertiary alicyclic amines) is 1. The Kier molecular flexibility index (Phi) is 6.29. The maximum Gasteiger partial charge on any atom is 0.261 e. The number of carbonyl (C=O) groups is 1. The van der Waals surface area contributed by atoms with Crippen LogP contribution in [0.3, 0.4) is 0 Å². The molecule has 0 bridgehead atoms. The van der Waals surface area contributed by atoms with Crippen molar-refractivity contribution in [2.75, 3.05) is 26.2 Å². The molecule has 1 heterocycles. The van der Waals surface area contributed by atoms with E-state index in [0.717, 1.165) is 29.5 Å². The Morgan fingerprint density at radius 3 is 2.72 bits per heavy atom. The van der Waals surface area contributed by atoms with Crippen LogP contribution in [0.25, 0.3) is 10.8 Å². The fourth-order valence-electron chi connectivity index (χ4n) is 3.41. The highest BCUT2D eigenvalue weighted by molar-refractivity contribution is 5.89. The Bertz CT molecular complexity index is 690. The third-order valence-corrected chi connectivity index (χ3v) is 4.83. The van der Waals surface area contributed by atoms with Gasteiger partial charge in [-0.3, -0.25) is 4.79 Å². The number of carbonyl (C=O) groups excluding carboxylic acids is 1. The predicted octanol–water partition coefficient (Wildman–Crippen LogP) is 3.60. The molecule has 0 aliphatic carbocycles. The number of nitrogens with zero attached hydrogens (tertiary/aromatic N) is 1. The average Bonchev–Trinajstić information content (AvgIpc) is 3.16. The van der Waals surface area contributed by atoms with Gasteiger partial charge in [-0.15, -0.1) is 0 Å². The fourth-order valence-corrected chi connectivity index (χ4v) is 3.41. The first-order chi connectivity index (χ1) is 12.3. The van der Waals surface area contributed by atoms with Gasteiger partial charge >= 0.3 is 0 Å². The number of nitrogens with one attached hydrogen (secondary N) is 1. The fraction of sp³-hybridized carbons (Fsp3) is 0.476. The van der Waals surface area contributed by atoms with Crippen molar-refractivity contribution < 1.29 is 9.53 Å². The van der Waals surface area contributed by atoms with Crippen LogP contribution in [0.4, 0.5) is 0 Å². The van der Waals surface area contributed by atoms with Crippen LogP contribution in [0.5, 0.6) is 5.75 Å². The van der Waals surface area contributed by atoms with Gasteiger partial charge in [0.05, 0.1) is 0 Å². The van der Waals surface area contributed by atoms with Gasteiger partial charge in [0.15, 0.2) is 6.10 Å². The SMILES string of the molecule is CC[C@@H](Oc1cccc2ccccc12)C(=O)NCCCN1CCCC1. The van der Waals surface area contributed by atoms with E-state index in [1.165, 1.54) is 25.9 Å². The lowest BCUT2D eigenvalue weighted by atomic mass is 10.1. The summed E-state index contributed by atoms with van der Waals surface area (Å²) >= 11 is 0. The summed E-state index contributed by atoms with van der Waals surface area (Å²) in [7, 11) is 0. The van der Waals surface area contributed by atoms with E-state index in [0.29, 0.717) is 13.0 Å². The van der Waals surface area contributed by atoms with E-state index < -0.39 is 6.10 Å². The molecule has 0 spiro atoms. The highest BCUT2D eigenvalue weighted by Gasteiger charge is 2.19. The molecule has 4 nitrogen and oxygen atoms in total. The molecule has 0 unspecified atom stereocenters. The number of ether oxygens (including phenoxy) is 1. The van der Waals surface area contributed by atoms with E-state index in [9.17, 15) is 4.79 Å². The van der Waals surface area contributed by atoms with Crippen LogP contribution in [-0.4, -0.2) is 43.1 Å². The lowest BCUT2D eigenvalue weighted by Gasteiger charge is -2.19. The largest absolute Gasteiger partial charge is 0.480 e. The van der Waals surface area contributed by atoms with Crippen LogP contribution in [0, 0.1) is 0 Å². The average molecular weight is 340 g/mol. The van der Waals surface area contributed by atoms with Crippen LogP contribution in [0.15, 0.2) is 42.5 Å². The van der Waals surface area contributed by atoms with Crippen molar-refractivity contribution in [2.45, 2.75) is 38.7 Å². The lowest BCUT2D eigenvalue weighted by molar-refractivity contribution is -0.128. The van der Waals surface area contributed by atoms with Gasteiger partial charge < -0.3 is 15.0 Å². The summed E-state index contributed by atoms with van der Waals surface area (Å²) in [6, 6.07) is 14.1. The Hall–Kier alpha value is -2.07. The highest BCUT2D eigenvalue weighted by atomic mass is 16.5. The Morgan fingerprint density at radius 1 is 1.16 bits per heavy atom. The molecule has 0 aromatic heterocycles. The summed E-state index contributed by atoms with van der Waals surface area (Å²) in [5.41, 5.74) is 0. The van der Waals surface area contributed by atoms with Crippen LogP contribution >= 0.6 is 0 Å². The Labute approximate surface area is 150 Å². The molecule has 25 heavy (non-hydrogen) atoms. The topological polar surface area (TPSA) is 41.6 Å². The third kappa shape index (κ3) is 4.73. The molecule has 1 amide bonds. The van der Waals surface area contributed by atoms with Crippen molar-refractivity contribution in [1.29, 1.82) is 0 Å². The maximum absolute atomic E-state index is 12.5. The van der Waals surface area contributed by atoms with Gasteiger partial charge in [0.1, 0.15) is 5.75 Å². The van der Waals surface area contributed by atoms with E-state index >= 15 is 0 Å². The molecule has 2 aromatic carbocycles. The molecule has 4 heteroatoms. The number of hydrogen-bond donors (Lipinski definition) is 1. The first-order valence-corrected chi connectivity index (χ1v) is 9.42. The van der Waals surface area contributed by atoms with Gasteiger partial charge in [-0.2, -0.15) is 0 Å². The highest BCUT2D eigenvalue weighted by Crippen LogP contribution is 2.26. The summed E-state index contributed by atoms with van der Waals surface area (Å²) in [5, 5.41) is 5.21. The molecule has 1 aliphatic rings. The summed E-state index contributed by atoms with van der Waals surface area (Å²) in [5.74, 6) is 0.758. The molecule has 0 radical (unpaired) electrons. The molecule has 1 fully saturated rings. The molecular formula is C21H28N2O2. The molecule has 2 aromatic rings. The summed E-state index contributed by atoms with van der Waals surface area (Å²) < 4.78 is 6.05. The van der Waals surface area contributed by atoms with Gasteiger partial charge in [0.25, 0.3) is 5.91 Å². The molecule has 134 valence electrons. The zero-order valence-corrected chi connectivity index (χ0v) is 15.0. The Balaban J connectivity index is 1.53. The first-order valence-electron chi connectivity index (χ1n) is 9.42. The van der Waals surface area contributed by atoms with Crippen LogP contribution in [-0.2, 0) is 4.79 Å². The summed E-state index contributed by atoms with van der Waals surface area (Å²) in [6.45, 7) is 6.18. The molecule has 1 N–H and O–H groups in total. The summed E-state index contributed by atoms with van der Waals surface area (Å²) in [4.78, 5) is 14.9.